The molecule has 8 N–H and O–H groups in total. The maximum atomic E-state index is 12.3. The number of fused-ring (bicyclic) bond motifs is 1. The predicted molar refractivity (Wildman–Crippen MR) is 83.4 cm³/mol. The van der Waals surface area contributed by atoms with E-state index >= 15 is 0 Å². The summed E-state index contributed by atoms with van der Waals surface area (Å²) in [6.07, 6.45) is 0.253. The molecule has 0 heterocycles. The molecule has 0 amide bonds. The Balaban J connectivity index is 0.00000264. The largest absolute Gasteiger partial charge is 0.747 e. The first-order valence-corrected chi connectivity index (χ1v) is 9.04. The van der Waals surface area contributed by atoms with E-state index in [2.05, 4.69) is 0 Å². The number of quaternary nitrogens is 2. The first-order chi connectivity index (χ1) is 10.00. The van der Waals surface area contributed by atoms with Gasteiger partial charge in [-0.1, -0.05) is 25.1 Å². The average molecular weight is 382 g/mol. The van der Waals surface area contributed by atoms with Crippen molar-refractivity contribution in [2.75, 3.05) is 0 Å². The first kappa shape index (κ1) is 22.3. The molecule has 2 atom stereocenters. The highest BCUT2D eigenvalue weighted by atomic mass is 32.2. The molecule has 0 spiro atoms. The fourth-order valence-electron chi connectivity index (χ4n) is 2.53. The number of hydrogen-bond acceptors (Lipinski definition) is 8. The SMILES string of the molecule is CCc1cccc2c1C(=O)C(S(=O)(=O)[O-])C(S(=O)(=O)[O-])C2=O.[NH4+].[NH4+]. The minimum Gasteiger partial charge on any atom is -0.747 e. The summed E-state index contributed by atoms with van der Waals surface area (Å²) in [5.41, 5.74) is -0.362. The van der Waals surface area contributed by atoms with Gasteiger partial charge in [-0.25, -0.2) is 16.8 Å². The molecule has 0 bridgehead atoms. The summed E-state index contributed by atoms with van der Waals surface area (Å²) >= 11 is 0. The van der Waals surface area contributed by atoms with Crippen molar-refractivity contribution >= 4 is 31.8 Å². The van der Waals surface area contributed by atoms with Gasteiger partial charge in [-0.15, -0.1) is 0 Å². The summed E-state index contributed by atoms with van der Waals surface area (Å²) in [5, 5.41) is -5.50. The van der Waals surface area contributed by atoms with Crippen LogP contribution >= 0.6 is 0 Å². The molecular formula is C12H18N2O8S2. The van der Waals surface area contributed by atoms with E-state index in [9.17, 15) is 35.5 Å². The Labute approximate surface area is 138 Å². The van der Waals surface area contributed by atoms with Crippen molar-refractivity contribution in [1.82, 2.24) is 12.3 Å². The van der Waals surface area contributed by atoms with Gasteiger partial charge in [0.05, 0.1) is 0 Å². The highest BCUT2D eigenvalue weighted by Crippen LogP contribution is 2.31. The Morgan fingerprint density at radius 3 is 1.79 bits per heavy atom. The third kappa shape index (κ3) is 3.53. The van der Waals surface area contributed by atoms with Crippen molar-refractivity contribution in [2.24, 2.45) is 0 Å². The van der Waals surface area contributed by atoms with Crippen molar-refractivity contribution in [2.45, 2.75) is 23.8 Å². The maximum Gasteiger partial charge on any atom is 0.182 e. The maximum absolute atomic E-state index is 12.3. The highest BCUT2D eigenvalue weighted by molar-refractivity contribution is 7.91. The van der Waals surface area contributed by atoms with Crippen LogP contribution in [0, 0.1) is 0 Å². The molecule has 0 radical (unpaired) electrons. The number of Topliss-reactive ketones (excluding diaryl/α,β-unsaturated/α-hetero) is 2. The van der Waals surface area contributed by atoms with E-state index in [0.717, 1.165) is 6.07 Å². The Bertz CT molecular complexity index is 876. The Hall–Kier alpha value is -1.70. The van der Waals surface area contributed by atoms with Crippen molar-refractivity contribution in [3.63, 3.8) is 0 Å². The molecule has 24 heavy (non-hydrogen) atoms. The van der Waals surface area contributed by atoms with Crippen molar-refractivity contribution in [3.8, 4) is 0 Å². The summed E-state index contributed by atoms with van der Waals surface area (Å²) in [7, 11) is -11.0. The molecule has 0 saturated carbocycles. The average Bonchev–Trinajstić information content (AvgIpc) is 2.38. The predicted octanol–water partition coefficient (Wildman–Crippen LogP) is 0.208. The second-order valence-corrected chi connectivity index (χ2v) is 7.74. The zero-order valence-corrected chi connectivity index (χ0v) is 14.8. The van der Waals surface area contributed by atoms with E-state index in [-0.39, 0.29) is 29.8 Å². The first-order valence-electron chi connectivity index (χ1n) is 6.10. The van der Waals surface area contributed by atoms with Crippen LogP contribution in [-0.4, -0.2) is 48.0 Å². The van der Waals surface area contributed by atoms with E-state index < -0.39 is 42.3 Å². The van der Waals surface area contributed by atoms with E-state index in [4.69, 9.17) is 0 Å². The monoisotopic (exact) mass is 382 g/mol. The number of rotatable bonds is 3. The summed E-state index contributed by atoms with van der Waals surface area (Å²) in [6.45, 7) is 1.63. The van der Waals surface area contributed by atoms with Gasteiger partial charge >= 0.3 is 0 Å². The number of aryl methyl sites for hydroxylation is 1. The second-order valence-electron chi connectivity index (χ2n) is 4.75. The van der Waals surface area contributed by atoms with Crippen molar-refractivity contribution in [3.05, 3.63) is 34.9 Å². The summed E-state index contributed by atoms with van der Waals surface area (Å²) in [4.78, 5) is 24.5. The van der Waals surface area contributed by atoms with Gasteiger partial charge in [-0.05, 0) is 12.0 Å². The number of carbonyl (C=O) groups is 2. The minimum absolute atomic E-state index is 0. The second kappa shape index (κ2) is 7.04. The summed E-state index contributed by atoms with van der Waals surface area (Å²) in [5.74, 6) is -2.67. The van der Waals surface area contributed by atoms with E-state index in [0.29, 0.717) is 5.56 Å². The number of benzene rings is 1. The van der Waals surface area contributed by atoms with Crippen LogP contribution in [0.5, 0.6) is 0 Å². The van der Waals surface area contributed by atoms with Crippen molar-refractivity contribution < 1.29 is 35.5 Å². The molecule has 12 heteroatoms. The van der Waals surface area contributed by atoms with Crippen molar-refractivity contribution in [1.29, 1.82) is 0 Å². The molecular weight excluding hydrogens is 364 g/mol. The van der Waals surface area contributed by atoms with Gasteiger partial charge in [0, 0.05) is 11.1 Å². The minimum atomic E-state index is -5.51. The standard InChI is InChI=1S/C12H12O8S2.2H3N/c1-2-6-4-3-5-7-8(6)10(14)12(22(18,19)20)11(9(7)13)21(15,16)17;;/h3-5,11-12H,2H2,1H3,(H,15,16,17)(H,18,19,20);2*1H3. The third-order valence-corrected chi connectivity index (χ3v) is 5.85. The molecule has 1 aromatic rings. The fraction of sp³-hybridized carbons (Fsp3) is 0.333. The lowest BCUT2D eigenvalue weighted by Gasteiger charge is -2.34. The van der Waals surface area contributed by atoms with Crippen LogP contribution in [0.3, 0.4) is 0 Å². The van der Waals surface area contributed by atoms with Gasteiger partial charge in [0.2, 0.25) is 0 Å². The van der Waals surface area contributed by atoms with Crippen LogP contribution in [-0.2, 0) is 26.7 Å². The molecule has 0 fully saturated rings. The van der Waals surface area contributed by atoms with Gasteiger partial charge in [-0.3, -0.25) is 9.59 Å². The van der Waals surface area contributed by atoms with Gasteiger partial charge in [0.1, 0.15) is 30.7 Å². The lowest BCUT2D eigenvalue weighted by Crippen LogP contribution is -2.53. The Morgan fingerprint density at radius 1 is 0.917 bits per heavy atom. The van der Waals surface area contributed by atoms with Crippen LogP contribution < -0.4 is 12.3 Å². The van der Waals surface area contributed by atoms with Gasteiger partial charge in [0.15, 0.2) is 11.6 Å². The zero-order chi connectivity index (χ0) is 16.9. The van der Waals surface area contributed by atoms with Crippen LogP contribution in [0.15, 0.2) is 18.2 Å². The molecule has 1 aromatic carbocycles. The summed E-state index contributed by atoms with van der Waals surface area (Å²) in [6, 6.07) is 3.95. The molecule has 0 aliphatic heterocycles. The molecule has 2 unspecified atom stereocenters. The summed E-state index contributed by atoms with van der Waals surface area (Å²) < 4.78 is 67.5. The smallest absolute Gasteiger partial charge is 0.182 e. The Morgan fingerprint density at radius 2 is 1.38 bits per heavy atom. The topological polar surface area (TPSA) is 222 Å². The van der Waals surface area contributed by atoms with Crippen LogP contribution in [0.1, 0.15) is 33.2 Å². The zero-order valence-electron chi connectivity index (χ0n) is 13.2. The molecule has 2 rings (SSSR count). The normalized spacial score (nSPS) is 20.6. The molecule has 10 nitrogen and oxygen atoms in total. The van der Waals surface area contributed by atoms with Gasteiger partial charge < -0.3 is 21.4 Å². The lowest BCUT2D eigenvalue weighted by molar-refractivity contribution is 0.0889. The third-order valence-electron chi connectivity index (χ3n) is 3.46. The number of ketones is 2. The Kier molecular flexibility index (Phi) is 6.55. The quantitative estimate of drug-likeness (QED) is 0.685. The molecule has 0 aromatic heterocycles. The number of hydrogen-bond donors (Lipinski definition) is 2. The number of carbonyl (C=O) groups excluding carboxylic acids is 2. The van der Waals surface area contributed by atoms with E-state index in [1.165, 1.54) is 12.1 Å². The molecule has 1 aliphatic rings. The van der Waals surface area contributed by atoms with Gasteiger partial charge in [-0.2, -0.15) is 0 Å². The fourth-order valence-corrected chi connectivity index (χ4v) is 4.96. The molecule has 136 valence electrons. The van der Waals surface area contributed by atoms with E-state index in [1.54, 1.807) is 6.92 Å². The highest BCUT2D eigenvalue weighted by Gasteiger charge is 2.49. The van der Waals surface area contributed by atoms with Crippen LogP contribution in [0.25, 0.3) is 0 Å². The van der Waals surface area contributed by atoms with Crippen LogP contribution in [0.2, 0.25) is 0 Å². The molecule has 0 saturated heterocycles. The van der Waals surface area contributed by atoms with Gasteiger partial charge in [0.25, 0.3) is 0 Å². The van der Waals surface area contributed by atoms with E-state index in [1.807, 2.05) is 0 Å². The lowest BCUT2D eigenvalue weighted by atomic mass is 9.85. The molecule has 1 aliphatic carbocycles. The van der Waals surface area contributed by atoms with Crippen LogP contribution in [0.4, 0.5) is 0 Å².